The Hall–Kier alpha value is 0.0500. The van der Waals surface area contributed by atoms with Gasteiger partial charge in [-0.15, -0.1) is 12.4 Å². The van der Waals surface area contributed by atoms with E-state index in [1.165, 1.54) is 0 Å². The van der Waals surface area contributed by atoms with Crippen LogP contribution >= 0.6 is 35.6 Å². The zero-order valence-corrected chi connectivity index (χ0v) is 9.42. The molecule has 74 valence electrons. The van der Waals surface area contributed by atoms with E-state index in [0.29, 0.717) is 11.6 Å². The third-order valence-electron chi connectivity index (χ3n) is 1.67. The molecule has 0 bridgehead atoms. The highest BCUT2D eigenvalue weighted by atomic mass is 35.5. The minimum Gasteiger partial charge on any atom is -0.330 e. The average molecular weight is 241 g/mol. The first-order valence-electron chi connectivity index (χ1n) is 3.88. The fraction of sp³-hybridized carbons (Fsp3) is 0.333. The smallest absolute Gasteiger partial charge is 0.0452 e. The fourth-order valence-electron chi connectivity index (χ4n) is 1.02. The SMILES string of the molecule is Cl.NCCCc1ccc(Cl)cc1Cl. The predicted molar refractivity (Wildman–Crippen MR) is 61.1 cm³/mol. The van der Waals surface area contributed by atoms with Gasteiger partial charge in [0.05, 0.1) is 0 Å². The standard InChI is InChI=1S/C9H11Cl2N.ClH/c10-8-4-3-7(2-1-5-12)9(11)6-8;/h3-4,6H,1-2,5,12H2;1H. The van der Waals surface area contributed by atoms with Crippen LogP contribution in [0.1, 0.15) is 12.0 Å². The lowest BCUT2D eigenvalue weighted by atomic mass is 10.1. The van der Waals surface area contributed by atoms with Crippen molar-refractivity contribution in [3.8, 4) is 0 Å². The van der Waals surface area contributed by atoms with E-state index in [-0.39, 0.29) is 12.4 Å². The number of hydrogen-bond donors (Lipinski definition) is 1. The summed E-state index contributed by atoms with van der Waals surface area (Å²) in [7, 11) is 0. The Balaban J connectivity index is 0.00000144. The first-order chi connectivity index (χ1) is 5.74. The second kappa shape index (κ2) is 6.50. The third-order valence-corrected chi connectivity index (χ3v) is 2.25. The molecule has 0 aliphatic carbocycles. The first kappa shape index (κ1) is 13.1. The number of rotatable bonds is 3. The van der Waals surface area contributed by atoms with Crippen LogP contribution in [0.2, 0.25) is 10.0 Å². The van der Waals surface area contributed by atoms with Crippen molar-refractivity contribution in [1.29, 1.82) is 0 Å². The maximum Gasteiger partial charge on any atom is 0.0452 e. The van der Waals surface area contributed by atoms with Gasteiger partial charge in [-0.1, -0.05) is 29.3 Å². The molecule has 0 saturated carbocycles. The summed E-state index contributed by atoms with van der Waals surface area (Å²) in [6.07, 6.45) is 1.88. The van der Waals surface area contributed by atoms with E-state index >= 15 is 0 Å². The Morgan fingerprint density at radius 1 is 1.23 bits per heavy atom. The molecule has 1 rings (SSSR count). The number of benzene rings is 1. The van der Waals surface area contributed by atoms with Crippen LogP contribution in [0.25, 0.3) is 0 Å². The highest BCUT2D eigenvalue weighted by Crippen LogP contribution is 2.21. The highest BCUT2D eigenvalue weighted by molar-refractivity contribution is 6.35. The van der Waals surface area contributed by atoms with Crippen molar-refractivity contribution < 1.29 is 0 Å². The summed E-state index contributed by atoms with van der Waals surface area (Å²) in [5.41, 5.74) is 6.50. The van der Waals surface area contributed by atoms with Crippen LogP contribution in [0.15, 0.2) is 18.2 Å². The number of hydrogen-bond acceptors (Lipinski definition) is 1. The molecule has 0 spiro atoms. The molecule has 2 N–H and O–H groups in total. The van der Waals surface area contributed by atoms with Crippen molar-refractivity contribution in [2.45, 2.75) is 12.8 Å². The highest BCUT2D eigenvalue weighted by Gasteiger charge is 1.99. The Bertz CT molecular complexity index is 263. The molecule has 0 aliphatic rings. The molecule has 0 amide bonds. The molecule has 0 radical (unpaired) electrons. The van der Waals surface area contributed by atoms with Gasteiger partial charge in [0.2, 0.25) is 0 Å². The van der Waals surface area contributed by atoms with E-state index in [9.17, 15) is 0 Å². The largest absolute Gasteiger partial charge is 0.330 e. The molecule has 0 fully saturated rings. The normalized spacial score (nSPS) is 9.46. The lowest BCUT2D eigenvalue weighted by molar-refractivity contribution is 0.833. The molecule has 0 atom stereocenters. The molecule has 1 nitrogen and oxygen atoms in total. The van der Waals surface area contributed by atoms with Gasteiger partial charge in [-0.05, 0) is 37.1 Å². The van der Waals surface area contributed by atoms with E-state index in [1.807, 2.05) is 12.1 Å². The second-order valence-electron chi connectivity index (χ2n) is 2.63. The number of nitrogens with two attached hydrogens (primary N) is 1. The molecule has 4 heteroatoms. The maximum absolute atomic E-state index is 5.94. The predicted octanol–water partition coefficient (Wildman–Crippen LogP) is 3.31. The van der Waals surface area contributed by atoms with Crippen LogP contribution in [0.3, 0.4) is 0 Å². The van der Waals surface area contributed by atoms with Gasteiger partial charge >= 0.3 is 0 Å². The van der Waals surface area contributed by atoms with Crippen LogP contribution in [0.5, 0.6) is 0 Å². The van der Waals surface area contributed by atoms with Crippen molar-refractivity contribution in [3.63, 3.8) is 0 Å². The van der Waals surface area contributed by atoms with Crippen molar-refractivity contribution in [1.82, 2.24) is 0 Å². The summed E-state index contributed by atoms with van der Waals surface area (Å²) < 4.78 is 0. The van der Waals surface area contributed by atoms with Crippen molar-refractivity contribution in [2.24, 2.45) is 5.73 Å². The van der Waals surface area contributed by atoms with Crippen LogP contribution in [0.4, 0.5) is 0 Å². The Labute approximate surface area is 94.6 Å². The van der Waals surface area contributed by atoms with Gasteiger partial charge in [-0.25, -0.2) is 0 Å². The van der Waals surface area contributed by atoms with Crippen LogP contribution < -0.4 is 5.73 Å². The molecule has 13 heavy (non-hydrogen) atoms. The fourth-order valence-corrected chi connectivity index (χ4v) is 1.52. The Kier molecular flexibility index (Phi) is 6.52. The van der Waals surface area contributed by atoms with Gasteiger partial charge < -0.3 is 5.73 Å². The van der Waals surface area contributed by atoms with Crippen LogP contribution in [0, 0.1) is 0 Å². The lowest BCUT2D eigenvalue weighted by Crippen LogP contribution is -2.00. The molecule has 0 aliphatic heterocycles. The molecule has 1 aromatic carbocycles. The van der Waals surface area contributed by atoms with Crippen molar-refractivity contribution >= 4 is 35.6 Å². The maximum atomic E-state index is 5.94. The molecule has 1 aromatic rings. The summed E-state index contributed by atoms with van der Waals surface area (Å²) in [4.78, 5) is 0. The molecular weight excluding hydrogens is 228 g/mol. The van der Waals surface area contributed by atoms with Gasteiger partial charge in [0.25, 0.3) is 0 Å². The van der Waals surface area contributed by atoms with E-state index < -0.39 is 0 Å². The zero-order chi connectivity index (χ0) is 8.97. The Morgan fingerprint density at radius 3 is 2.46 bits per heavy atom. The molecule has 0 saturated heterocycles. The molecule has 0 aromatic heterocycles. The zero-order valence-electron chi connectivity index (χ0n) is 7.09. The van der Waals surface area contributed by atoms with Gasteiger partial charge in [-0.2, -0.15) is 0 Å². The van der Waals surface area contributed by atoms with Crippen molar-refractivity contribution in [2.75, 3.05) is 6.54 Å². The molecule has 0 heterocycles. The van der Waals surface area contributed by atoms with Gasteiger partial charge in [0.15, 0.2) is 0 Å². The van der Waals surface area contributed by atoms with Crippen LogP contribution in [-0.2, 0) is 6.42 Å². The first-order valence-corrected chi connectivity index (χ1v) is 4.63. The Morgan fingerprint density at radius 2 is 1.92 bits per heavy atom. The molecular formula is C9H12Cl3N. The lowest BCUT2D eigenvalue weighted by Gasteiger charge is -2.02. The quantitative estimate of drug-likeness (QED) is 0.862. The van der Waals surface area contributed by atoms with E-state index in [1.54, 1.807) is 6.07 Å². The van der Waals surface area contributed by atoms with Gasteiger partial charge in [-0.3, -0.25) is 0 Å². The third kappa shape index (κ3) is 4.19. The van der Waals surface area contributed by atoms with Gasteiger partial charge in [0, 0.05) is 10.0 Å². The van der Waals surface area contributed by atoms with E-state index in [4.69, 9.17) is 28.9 Å². The monoisotopic (exact) mass is 239 g/mol. The minimum atomic E-state index is 0. The van der Waals surface area contributed by atoms with Crippen molar-refractivity contribution in [3.05, 3.63) is 33.8 Å². The van der Waals surface area contributed by atoms with E-state index in [2.05, 4.69) is 0 Å². The van der Waals surface area contributed by atoms with Gasteiger partial charge in [0.1, 0.15) is 0 Å². The number of aryl methyl sites for hydroxylation is 1. The minimum absolute atomic E-state index is 0. The topological polar surface area (TPSA) is 26.0 Å². The summed E-state index contributed by atoms with van der Waals surface area (Å²) >= 11 is 11.7. The summed E-state index contributed by atoms with van der Waals surface area (Å²) in [5, 5.41) is 1.41. The summed E-state index contributed by atoms with van der Waals surface area (Å²) in [6, 6.07) is 5.55. The average Bonchev–Trinajstić information content (AvgIpc) is 2.03. The summed E-state index contributed by atoms with van der Waals surface area (Å²) in [6.45, 7) is 0.693. The van der Waals surface area contributed by atoms with Crippen LogP contribution in [-0.4, -0.2) is 6.54 Å². The second-order valence-corrected chi connectivity index (χ2v) is 3.47. The molecule has 0 unspecified atom stereocenters. The van der Waals surface area contributed by atoms with E-state index in [0.717, 1.165) is 23.4 Å². The summed E-state index contributed by atoms with van der Waals surface area (Å²) in [5.74, 6) is 0. The number of halogens is 3.